The second kappa shape index (κ2) is 5.88. The van der Waals surface area contributed by atoms with E-state index in [0.29, 0.717) is 13.0 Å². The van der Waals surface area contributed by atoms with Crippen LogP contribution < -0.4 is 11.1 Å². The van der Waals surface area contributed by atoms with E-state index in [1.54, 1.807) is 0 Å². The molecule has 3 nitrogen and oxygen atoms in total. The Hall–Kier alpha value is -0.870. The zero-order chi connectivity index (χ0) is 11.3. The lowest BCUT2D eigenvalue weighted by Gasteiger charge is -2.10. The molecule has 0 aromatic heterocycles. The van der Waals surface area contributed by atoms with Crippen LogP contribution in [0.5, 0.6) is 0 Å². The maximum Gasteiger partial charge on any atom is 0.227 e. The SMILES string of the molecule is CC(CCN)C(=O)Nc1ccc(Br)cc1. The zero-order valence-electron chi connectivity index (χ0n) is 8.66. The van der Waals surface area contributed by atoms with Crippen LogP contribution in [0.15, 0.2) is 28.7 Å². The molecule has 1 aromatic rings. The lowest BCUT2D eigenvalue weighted by atomic mass is 10.1. The average molecular weight is 271 g/mol. The first-order chi connectivity index (χ1) is 7.13. The van der Waals surface area contributed by atoms with Crippen molar-refractivity contribution in [3.8, 4) is 0 Å². The topological polar surface area (TPSA) is 55.1 Å². The van der Waals surface area contributed by atoms with Gasteiger partial charge in [-0.05, 0) is 37.2 Å². The van der Waals surface area contributed by atoms with E-state index < -0.39 is 0 Å². The van der Waals surface area contributed by atoms with Crippen molar-refractivity contribution in [2.24, 2.45) is 11.7 Å². The van der Waals surface area contributed by atoms with E-state index in [1.165, 1.54) is 0 Å². The molecule has 1 amide bonds. The third kappa shape index (κ3) is 4.01. The fourth-order valence-electron chi connectivity index (χ4n) is 1.18. The summed E-state index contributed by atoms with van der Waals surface area (Å²) in [7, 11) is 0. The smallest absolute Gasteiger partial charge is 0.227 e. The normalized spacial score (nSPS) is 12.2. The Morgan fingerprint density at radius 2 is 2.07 bits per heavy atom. The quantitative estimate of drug-likeness (QED) is 0.883. The molecule has 0 radical (unpaired) electrons. The number of rotatable bonds is 4. The number of carbonyl (C=O) groups excluding carboxylic acids is 1. The number of anilines is 1. The van der Waals surface area contributed by atoms with Crippen LogP contribution >= 0.6 is 15.9 Å². The second-order valence-electron chi connectivity index (χ2n) is 3.47. The molecule has 0 bridgehead atoms. The van der Waals surface area contributed by atoms with Crippen LogP contribution in [0.4, 0.5) is 5.69 Å². The molecule has 0 saturated heterocycles. The second-order valence-corrected chi connectivity index (χ2v) is 4.39. The van der Waals surface area contributed by atoms with E-state index in [0.717, 1.165) is 10.2 Å². The summed E-state index contributed by atoms with van der Waals surface area (Å²) in [5, 5.41) is 2.84. The molecule has 1 atom stereocenters. The summed E-state index contributed by atoms with van der Waals surface area (Å²) in [6.45, 7) is 2.41. The maximum atomic E-state index is 11.6. The predicted molar refractivity (Wildman–Crippen MR) is 65.6 cm³/mol. The average Bonchev–Trinajstić information content (AvgIpc) is 2.22. The van der Waals surface area contributed by atoms with Gasteiger partial charge in [-0.2, -0.15) is 0 Å². The van der Waals surface area contributed by atoms with Gasteiger partial charge in [0.25, 0.3) is 0 Å². The fraction of sp³-hybridized carbons (Fsp3) is 0.364. The number of nitrogens with two attached hydrogens (primary N) is 1. The van der Waals surface area contributed by atoms with Gasteiger partial charge in [0.2, 0.25) is 5.91 Å². The third-order valence-corrected chi connectivity index (χ3v) is 2.69. The van der Waals surface area contributed by atoms with Crippen LogP contribution in [0.3, 0.4) is 0 Å². The van der Waals surface area contributed by atoms with Crippen molar-refractivity contribution in [1.29, 1.82) is 0 Å². The highest BCUT2D eigenvalue weighted by molar-refractivity contribution is 9.10. The summed E-state index contributed by atoms with van der Waals surface area (Å²) in [4.78, 5) is 11.6. The first-order valence-electron chi connectivity index (χ1n) is 4.90. The Morgan fingerprint density at radius 3 is 2.60 bits per heavy atom. The predicted octanol–water partition coefficient (Wildman–Crippen LogP) is 2.37. The summed E-state index contributed by atoms with van der Waals surface area (Å²) < 4.78 is 0.996. The zero-order valence-corrected chi connectivity index (χ0v) is 10.3. The van der Waals surface area contributed by atoms with Crippen molar-refractivity contribution in [2.45, 2.75) is 13.3 Å². The van der Waals surface area contributed by atoms with Crippen LogP contribution in [0, 0.1) is 5.92 Å². The molecule has 4 heteroatoms. The number of halogens is 1. The van der Waals surface area contributed by atoms with Gasteiger partial charge in [-0.25, -0.2) is 0 Å². The summed E-state index contributed by atoms with van der Waals surface area (Å²) in [5.74, 6) is -0.0265. The standard InChI is InChI=1S/C11H15BrN2O/c1-8(6-7-13)11(15)14-10-4-2-9(12)3-5-10/h2-5,8H,6-7,13H2,1H3,(H,14,15). The van der Waals surface area contributed by atoms with Gasteiger partial charge in [0.05, 0.1) is 0 Å². The highest BCUT2D eigenvalue weighted by Gasteiger charge is 2.11. The minimum absolute atomic E-state index is 0.0165. The largest absolute Gasteiger partial charge is 0.330 e. The Labute approximate surface area is 98.2 Å². The molecule has 0 spiro atoms. The minimum atomic E-state index is -0.0429. The lowest BCUT2D eigenvalue weighted by molar-refractivity contribution is -0.119. The van der Waals surface area contributed by atoms with E-state index in [2.05, 4.69) is 21.2 Å². The Kier molecular flexibility index (Phi) is 4.78. The van der Waals surface area contributed by atoms with Gasteiger partial charge in [0, 0.05) is 16.1 Å². The van der Waals surface area contributed by atoms with Gasteiger partial charge in [0.1, 0.15) is 0 Å². The molecule has 15 heavy (non-hydrogen) atoms. The fourth-order valence-corrected chi connectivity index (χ4v) is 1.44. The number of hydrogen-bond acceptors (Lipinski definition) is 2. The summed E-state index contributed by atoms with van der Waals surface area (Å²) in [6.07, 6.45) is 0.711. The van der Waals surface area contributed by atoms with E-state index in [-0.39, 0.29) is 11.8 Å². The van der Waals surface area contributed by atoms with Crippen molar-refractivity contribution >= 4 is 27.5 Å². The molecule has 0 aliphatic carbocycles. The highest BCUT2D eigenvalue weighted by atomic mass is 79.9. The van der Waals surface area contributed by atoms with Crippen molar-refractivity contribution < 1.29 is 4.79 Å². The Balaban J connectivity index is 2.54. The summed E-state index contributed by atoms with van der Waals surface area (Å²) in [5.41, 5.74) is 6.21. The Morgan fingerprint density at radius 1 is 1.47 bits per heavy atom. The van der Waals surface area contributed by atoms with Gasteiger partial charge in [-0.1, -0.05) is 22.9 Å². The van der Waals surface area contributed by atoms with Gasteiger partial charge >= 0.3 is 0 Å². The van der Waals surface area contributed by atoms with Crippen molar-refractivity contribution in [3.05, 3.63) is 28.7 Å². The van der Waals surface area contributed by atoms with Gasteiger partial charge < -0.3 is 11.1 Å². The molecule has 1 aromatic carbocycles. The number of hydrogen-bond donors (Lipinski definition) is 2. The minimum Gasteiger partial charge on any atom is -0.330 e. The van der Waals surface area contributed by atoms with Crippen LogP contribution in [0.25, 0.3) is 0 Å². The van der Waals surface area contributed by atoms with Gasteiger partial charge in [0.15, 0.2) is 0 Å². The molecule has 0 fully saturated rings. The maximum absolute atomic E-state index is 11.6. The highest BCUT2D eigenvalue weighted by Crippen LogP contribution is 2.15. The molecule has 1 unspecified atom stereocenters. The molecule has 0 aliphatic heterocycles. The number of carbonyl (C=O) groups is 1. The lowest BCUT2D eigenvalue weighted by Crippen LogP contribution is -2.22. The Bertz CT molecular complexity index is 324. The van der Waals surface area contributed by atoms with Crippen LogP contribution in [-0.4, -0.2) is 12.5 Å². The molecule has 0 heterocycles. The number of nitrogens with one attached hydrogen (secondary N) is 1. The van der Waals surface area contributed by atoms with Crippen molar-refractivity contribution in [3.63, 3.8) is 0 Å². The molecule has 0 aliphatic rings. The number of benzene rings is 1. The van der Waals surface area contributed by atoms with Crippen LogP contribution in [0.2, 0.25) is 0 Å². The third-order valence-electron chi connectivity index (χ3n) is 2.16. The van der Waals surface area contributed by atoms with Crippen molar-refractivity contribution in [1.82, 2.24) is 0 Å². The molecule has 0 saturated carbocycles. The van der Waals surface area contributed by atoms with Crippen molar-refractivity contribution in [2.75, 3.05) is 11.9 Å². The van der Waals surface area contributed by atoms with Gasteiger partial charge in [-0.15, -0.1) is 0 Å². The molecule has 1 rings (SSSR count). The van der Waals surface area contributed by atoms with Crippen LogP contribution in [-0.2, 0) is 4.79 Å². The molecule has 3 N–H and O–H groups in total. The van der Waals surface area contributed by atoms with E-state index in [9.17, 15) is 4.79 Å². The summed E-state index contributed by atoms with van der Waals surface area (Å²) in [6, 6.07) is 7.50. The first kappa shape index (κ1) is 12.2. The van der Waals surface area contributed by atoms with Crippen LogP contribution in [0.1, 0.15) is 13.3 Å². The number of amides is 1. The monoisotopic (exact) mass is 270 g/mol. The van der Waals surface area contributed by atoms with E-state index in [1.807, 2.05) is 31.2 Å². The van der Waals surface area contributed by atoms with E-state index in [4.69, 9.17) is 5.73 Å². The first-order valence-corrected chi connectivity index (χ1v) is 5.69. The molecular formula is C11H15BrN2O. The molecular weight excluding hydrogens is 256 g/mol. The molecule has 82 valence electrons. The summed E-state index contributed by atoms with van der Waals surface area (Å²) >= 11 is 3.34. The van der Waals surface area contributed by atoms with Gasteiger partial charge in [-0.3, -0.25) is 4.79 Å². The van der Waals surface area contributed by atoms with E-state index >= 15 is 0 Å².